The second kappa shape index (κ2) is 5.32. The molecular formula is C14H15FN4O. The van der Waals surface area contributed by atoms with E-state index in [1.54, 1.807) is 18.3 Å². The SMILES string of the molecule is O=C(NCc1cccc(F)c1)c1cn2c(n1)NCCC2. The smallest absolute Gasteiger partial charge is 0.271 e. The monoisotopic (exact) mass is 274 g/mol. The van der Waals surface area contributed by atoms with Crippen molar-refractivity contribution in [2.75, 3.05) is 11.9 Å². The fourth-order valence-electron chi connectivity index (χ4n) is 2.21. The molecule has 5 nitrogen and oxygen atoms in total. The van der Waals surface area contributed by atoms with Gasteiger partial charge in [-0.25, -0.2) is 9.37 Å². The van der Waals surface area contributed by atoms with Crippen LogP contribution in [0.5, 0.6) is 0 Å². The zero-order chi connectivity index (χ0) is 13.9. The number of hydrogen-bond donors (Lipinski definition) is 2. The Balaban J connectivity index is 1.66. The second-order valence-corrected chi connectivity index (χ2v) is 4.74. The number of nitrogens with zero attached hydrogens (tertiary/aromatic N) is 2. The minimum Gasteiger partial charge on any atom is -0.356 e. The van der Waals surface area contributed by atoms with E-state index in [1.807, 2.05) is 4.57 Å². The number of hydrogen-bond acceptors (Lipinski definition) is 3. The Kier molecular flexibility index (Phi) is 3.37. The number of aromatic nitrogens is 2. The van der Waals surface area contributed by atoms with Crippen molar-refractivity contribution in [2.24, 2.45) is 0 Å². The van der Waals surface area contributed by atoms with Gasteiger partial charge in [0.1, 0.15) is 11.5 Å². The number of anilines is 1. The Labute approximate surface area is 115 Å². The van der Waals surface area contributed by atoms with Crippen molar-refractivity contribution in [1.29, 1.82) is 0 Å². The average molecular weight is 274 g/mol. The van der Waals surface area contributed by atoms with Gasteiger partial charge in [0, 0.05) is 25.8 Å². The summed E-state index contributed by atoms with van der Waals surface area (Å²) in [5.74, 6) is 0.170. The summed E-state index contributed by atoms with van der Waals surface area (Å²) in [4.78, 5) is 16.3. The molecule has 0 fully saturated rings. The molecule has 0 aliphatic carbocycles. The summed E-state index contributed by atoms with van der Waals surface area (Å²) in [6.07, 6.45) is 2.76. The first-order valence-electron chi connectivity index (χ1n) is 6.56. The van der Waals surface area contributed by atoms with Crippen molar-refractivity contribution in [1.82, 2.24) is 14.9 Å². The molecule has 0 atom stereocenters. The van der Waals surface area contributed by atoms with E-state index in [1.165, 1.54) is 12.1 Å². The Morgan fingerprint density at radius 3 is 3.20 bits per heavy atom. The lowest BCUT2D eigenvalue weighted by molar-refractivity contribution is 0.0946. The summed E-state index contributed by atoms with van der Waals surface area (Å²) >= 11 is 0. The van der Waals surface area contributed by atoms with Crippen LogP contribution in [0.1, 0.15) is 22.5 Å². The van der Waals surface area contributed by atoms with Gasteiger partial charge >= 0.3 is 0 Å². The van der Waals surface area contributed by atoms with Crippen LogP contribution in [0.4, 0.5) is 10.3 Å². The zero-order valence-corrected chi connectivity index (χ0v) is 10.9. The molecule has 1 aliphatic heterocycles. The molecule has 6 heteroatoms. The Hall–Kier alpha value is -2.37. The molecule has 2 heterocycles. The molecule has 1 amide bonds. The largest absolute Gasteiger partial charge is 0.356 e. The summed E-state index contributed by atoms with van der Waals surface area (Å²) in [5.41, 5.74) is 1.10. The van der Waals surface area contributed by atoms with Crippen LogP contribution in [0.3, 0.4) is 0 Å². The molecule has 0 bridgehead atoms. The first-order valence-corrected chi connectivity index (χ1v) is 6.56. The number of amides is 1. The molecule has 0 unspecified atom stereocenters. The lowest BCUT2D eigenvalue weighted by Crippen LogP contribution is -2.23. The van der Waals surface area contributed by atoms with Crippen molar-refractivity contribution in [2.45, 2.75) is 19.5 Å². The molecule has 2 N–H and O–H groups in total. The van der Waals surface area contributed by atoms with E-state index in [2.05, 4.69) is 15.6 Å². The highest BCUT2D eigenvalue weighted by Crippen LogP contribution is 2.14. The first-order chi connectivity index (χ1) is 9.72. The van der Waals surface area contributed by atoms with Gasteiger partial charge < -0.3 is 15.2 Å². The number of carbonyl (C=O) groups excluding carboxylic acids is 1. The van der Waals surface area contributed by atoms with E-state index in [0.29, 0.717) is 5.69 Å². The third-order valence-electron chi connectivity index (χ3n) is 3.21. The summed E-state index contributed by atoms with van der Waals surface area (Å²) in [6.45, 7) is 2.03. The van der Waals surface area contributed by atoms with Crippen LogP contribution in [-0.4, -0.2) is 22.0 Å². The topological polar surface area (TPSA) is 59.0 Å². The van der Waals surface area contributed by atoms with Gasteiger partial charge in [-0.15, -0.1) is 0 Å². The van der Waals surface area contributed by atoms with Gasteiger partial charge in [-0.2, -0.15) is 0 Å². The number of benzene rings is 1. The van der Waals surface area contributed by atoms with Crippen LogP contribution in [0.2, 0.25) is 0 Å². The number of imidazole rings is 1. The molecule has 0 radical (unpaired) electrons. The van der Waals surface area contributed by atoms with Gasteiger partial charge in [-0.3, -0.25) is 4.79 Å². The van der Waals surface area contributed by atoms with Crippen molar-refractivity contribution in [3.05, 3.63) is 47.5 Å². The second-order valence-electron chi connectivity index (χ2n) is 4.74. The predicted molar refractivity (Wildman–Crippen MR) is 72.9 cm³/mol. The lowest BCUT2D eigenvalue weighted by Gasteiger charge is -2.14. The van der Waals surface area contributed by atoms with E-state index in [9.17, 15) is 9.18 Å². The highest BCUT2D eigenvalue weighted by Gasteiger charge is 2.16. The highest BCUT2D eigenvalue weighted by atomic mass is 19.1. The maximum absolute atomic E-state index is 13.0. The van der Waals surface area contributed by atoms with Crippen molar-refractivity contribution in [3.63, 3.8) is 0 Å². The molecular weight excluding hydrogens is 259 g/mol. The van der Waals surface area contributed by atoms with E-state index >= 15 is 0 Å². The van der Waals surface area contributed by atoms with Gasteiger partial charge in [-0.05, 0) is 24.1 Å². The Morgan fingerprint density at radius 2 is 2.40 bits per heavy atom. The number of nitrogens with one attached hydrogen (secondary N) is 2. The summed E-state index contributed by atoms with van der Waals surface area (Å²) in [7, 11) is 0. The molecule has 2 aromatic rings. The minimum absolute atomic E-state index is 0.252. The standard InChI is InChI=1S/C14H15FN4O/c15-11-4-1-3-10(7-11)8-17-13(20)12-9-19-6-2-5-16-14(19)18-12/h1,3-4,7,9H,2,5-6,8H2,(H,16,18)(H,17,20). The molecule has 20 heavy (non-hydrogen) atoms. The summed E-state index contributed by atoms with van der Waals surface area (Å²) in [5, 5.41) is 5.88. The van der Waals surface area contributed by atoms with Crippen LogP contribution < -0.4 is 10.6 Å². The molecule has 104 valence electrons. The lowest BCUT2D eigenvalue weighted by atomic mass is 10.2. The number of fused-ring (bicyclic) bond motifs is 1. The molecule has 0 saturated carbocycles. The Morgan fingerprint density at radius 1 is 1.50 bits per heavy atom. The van der Waals surface area contributed by atoms with Crippen LogP contribution in [0.15, 0.2) is 30.5 Å². The molecule has 0 saturated heterocycles. The summed E-state index contributed by atoms with van der Waals surface area (Å²) in [6, 6.07) is 6.17. The van der Waals surface area contributed by atoms with Crippen LogP contribution in [0, 0.1) is 5.82 Å². The normalized spacial score (nSPS) is 13.4. The zero-order valence-electron chi connectivity index (χ0n) is 10.9. The van der Waals surface area contributed by atoms with Crippen LogP contribution >= 0.6 is 0 Å². The molecule has 0 spiro atoms. The fourth-order valence-corrected chi connectivity index (χ4v) is 2.21. The maximum Gasteiger partial charge on any atom is 0.271 e. The number of halogens is 1. The number of aryl methyl sites for hydroxylation is 1. The molecule has 3 rings (SSSR count). The maximum atomic E-state index is 13.0. The van der Waals surface area contributed by atoms with Crippen molar-refractivity contribution >= 4 is 11.9 Å². The van der Waals surface area contributed by atoms with Gasteiger partial charge in [-0.1, -0.05) is 12.1 Å². The quantitative estimate of drug-likeness (QED) is 0.896. The number of rotatable bonds is 3. The molecule has 1 aromatic carbocycles. The van der Waals surface area contributed by atoms with E-state index in [4.69, 9.17) is 0 Å². The summed E-state index contributed by atoms with van der Waals surface area (Å²) < 4.78 is 15.0. The molecule has 1 aromatic heterocycles. The van der Waals surface area contributed by atoms with Gasteiger partial charge in [0.15, 0.2) is 0 Å². The Bertz CT molecular complexity index is 614. The van der Waals surface area contributed by atoms with Crippen LogP contribution in [0.25, 0.3) is 0 Å². The van der Waals surface area contributed by atoms with Crippen molar-refractivity contribution < 1.29 is 9.18 Å². The van der Waals surface area contributed by atoms with Gasteiger partial charge in [0.25, 0.3) is 5.91 Å². The van der Waals surface area contributed by atoms with E-state index in [0.717, 1.165) is 31.0 Å². The third kappa shape index (κ3) is 2.64. The van der Waals surface area contributed by atoms with Gasteiger partial charge in [0.05, 0.1) is 0 Å². The third-order valence-corrected chi connectivity index (χ3v) is 3.21. The fraction of sp³-hybridized carbons (Fsp3) is 0.286. The van der Waals surface area contributed by atoms with Crippen LogP contribution in [-0.2, 0) is 13.1 Å². The van der Waals surface area contributed by atoms with E-state index in [-0.39, 0.29) is 18.3 Å². The predicted octanol–water partition coefficient (Wildman–Crippen LogP) is 1.77. The first kappa shape index (κ1) is 12.7. The van der Waals surface area contributed by atoms with E-state index < -0.39 is 0 Å². The highest BCUT2D eigenvalue weighted by molar-refractivity contribution is 5.92. The minimum atomic E-state index is -0.307. The average Bonchev–Trinajstić information content (AvgIpc) is 2.89. The number of carbonyl (C=O) groups is 1. The van der Waals surface area contributed by atoms with Crippen molar-refractivity contribution in [3.8, 4) is 0 Å². The van der Waals surface area contributed by atoms with Gasteiger partial charge in [0.2, 0.25) is 5.95 Å². The molecule has 1 aliphatic rings.